The van der Waals surface area contributed by atoms with E-state index in [2.05, 4.69) is 34.6 Å². The van der Waals surface area contributed by atoms with Crippen LogP contribution in [0.3, 0.4) is 0 Å². The van der Waals surface area contributed by atoms with Gasteiger partial charge in [0.1, 0.15) is 0 Å². The Morgan fingerprint density at radius 1 is 1.24 bits per heavy atom. The van der Waals surface area contributed by atoms with Crippen molar-refractivity contribution in [2.24, 2.45) is 10.9 Å². The summed E-state index contributed by atoms with van der Waals surface area (Å²) in [5.41, 5.74) is 2.28. The molecule has 0 spiro atoms. The second-order valence-electron chi connectivity index (χ2n) is 5.87. The number of thioether (sulfide) groups is 1. The Hall–Kier alpha value is -1.55. The average molecular weight is 297 g/mol. The molecule has 2 unspecified atom stereocenters. The molecule has 0 radical (unpaired) electrons. The number of rotatable bonds is 2. The number of para-hydroxylation sites is 1. The van der Waals surface area contributed by atoms with Crippen molar-refractivity contribution in [2.45, 2.75) is 31.8 Å². The molecule has 2 aliphatic rings. The maximum absolute atomic E-state index is 4.79. The highest BCUT2D eigenvalue weighted by Gasteiger charge is 2.31. The van der Waals surface area contributed by atoms with Crippen LogP contribution in [0.1, 0.15) is 24.8 Å². The number of aliphatic imine (C=N–C) groups is 1. The van der Waals surface area contributed by atoms with Gasteiger partial charge in [-0.1, -0.05) is 42.4 Å². The summed E-state index contributed by atoms with van der Waals surface area (Å²) < 4.78 is 0. The smallest absolute Gasteiger partial charge is 0.157 e. The zero-order chi connectivity index (χ0) is 14.1. The van der Waals surface area contributed by atoms with Gasteiger partial charge in [-0.25, -0.2) is 0 Å². The summed E-state index contributed by atoms with van der Waals surface area (Å²) in [6, 6.07) is 11.1. The van der Waals surface area contributed by atoms with Crippen molar-refractivity contribution >= 4 is 27.8 Å². The van der Waals surface area contributed by atoms with Crippen LogP contribution in [0.5, 0.6) is 0 Å². The lowest BCUT2D eigenvalue weighted by Gasteiger charge is -2.28. The van der Waals surface area contributed by atoms with Crippen molar-refractivity contribution in [1.29, 1.82) is 0 Å². The van der Waals surface area contributed by atoms with E-state index in [1.165, 1.54) is 36.0 Å². The van der Waals surface area contributed by atoms with E-state index in [9.17, 15) is 0 Å². The van der Waals surface area contributed by atoms with E-state index in [-0.39, 0.29) is 0 Å². The van der Waals surface area contributed by atoms with E-state index in [0.29, 0.717) is 12.6 Å². The van der Waals surface area contributed by atoms with Crippen LogP contribution in [0, 0.1) is 5.92 Å². The number of benzene rings is 1. The van der Waals surface area contributed by atoms with Crippen LogP contribution in [0.25, 0.3) is 10.9 Å². The molecule has 2 fully saturated rings. The number of pyridine rings is 1. The Balaban J connectivity index is 1.54. The third-order valence-corrected chi connectivity index (χ3v) is 5.63. The highest BCUT2D eigenvalue weighted by atomic mass is 32.2. The molecule has 108 valence electrons. The van der Waals surface area contributed by atoms with Crippen molar-refractivity contribution in [3.8, 4) is 0 Å². The molecular formula is C17H19N3S. The number of nitrogens with zero attached hydrogens (tertiary/aromatic N) is 2. The fraction of sp³-hybridized carbons (Fsp3) is 0.412. The van der Waals surface area contributed by atoms with Gasteiger partial charge in [-0.05, 0) is 30.4 Å². The maximum atomic E-state index is 4.79. The van der Waals surface area contributed by atoms with Crippen molar-refractivity contribution < 1.29 is 0 Å². The van der Waals surface area contributed by atoms with Gasteiger partial charge in [0.2, 0.25) is 0 Å². The summed E-state index contributed by atoms with van der Waals surface area (Å²) in [6.07, 6.45) is 5.91. The number of hydrogen-bond acceptors (Lipinski definition) is 3. The lowest BCUT2D eigenvalue weighted by Crippen LogP contribution is -2.41. The van der Waals surface area contributed by atoms with E-state index in [4.69, 9.17) is 4.99 Å². The standard InChI is InChI=1S/C17H19N3S/c1-4-12-7-3-9-18-16(12)13(5-1)10-19-17-20-15-8-2-6-14(15)11-21-17/h1,3-5,7,9,14-15H,2,6,8,10-11H2,(H,19,20). The van der Waals surface area contributed by atoms with Gasteiger partial charge in [0.25, 0.3) is 0 Å². The Labute approximate surface area is 129 Å². The van der Waals surface area contributed by atoms with Crippen LogP contribution in [0.15, 0.2) is 41.5 Å². The number of aromatic nitrogens is 1. The SMILES string of the molecule is c1cnc2c(CN=C3NC4CCCC4CS3)cccc2c1. The molecule has 1 aromatic heterocycles. The molecule has 4 heteroatoms. The van der Waals surface area contributed by atoms with Gasteiger partial charge in [0.05, 0.1) is 12.1 Å². The van der Waals surface area contributed by atoms with E-state index in [1.807, 2.05) is 24.0 Å². The average Bonchev–Trinajstić information content (AvgIpc) is 3.00. The normalized spacial score (nSPS) is 26.8. The van der Waals surface area contributed by atoms with E-state index < -0.39 is 0 Å². The van der Waals surface area contributed by atoms with Crippen molar-refractivity contribution in [1.82, 2.24) is 10.3 Å². The van der Waals surface area contributed by atoms with Crippen LogP contribution in [-0.4, -0.2) is 21.9 Å². The minimum absolute atomic E-state index is 0.663. The Bertz CT molecular complexity index is 677. The lowest BCUT2D eigenvalue weighted by atomic mass is 10.1. The van der Waals surface area contributed by atoms with E-state index in [1.54, 1.807) is 0 Å². The van der Waals surface area contributed by atoms with Crippen LogP contribution >= 0.6 is 11.8 Å². The third-order valence-electron chi connectivity index (χ3n) is 4.51. The quantitative estimate of drug-likeness (QED) is 0.920. The van der Waals surface area contributed by atoms with Gasteiger partial charge >= 0.3 is 0 Å². The maximum Gasteiger partial charge on any atom is 0.157 e. The zero-order valence-electron chi connectivity index (χ0n) is 12.0. The molecule has 1 saturated heterocycles. The Morgan fingerprint density at radius 3 is 3.19 bits per heavy atom. The van der Waals surface area contributed by atoms with Crippen LogP contribution in [0.2, 0.25) is 0 Å². The molecule has 4 rings (SSSR count). The molecule has 2 heterocycles. The minimum Gasteiger partial charge on any atom is -0.362 e. The van der Waals surface area contributed by atoms with Crippen molar-refractivity contribution in [2.75, 3.05) is 5.75 Å². The third kappa shape index (κ3) is 2.64. The topological polar surface area (TPSA) is 37.3 Å². The molecule has 1 aliphatic heterocycles. The summed E-state index contributed by atoms with van der Waals surface area (Å²) in [5.74, 6) is 2.08. The molecule has 0 bridgehead atoms. The highest BCUT2D eigenvalue weighted by Crippen LogP contribution is 2.33. The summed E-state index contributed by atoms with van der Waals surface area (Å²) in [7, 11) is 0. The van der Waals surface area contributed by atoms with Crippen LogP contribution in [-0.2, 0) is 6.54 Å². The second-order valence-corrected chi connectivity index (χ2v) is 6.88. The molecular weight excluding hydrogens is 278 g/mol. The molecule has 3 nitrogen and oxygen atoms in total. The first-order valence-corrected chi connectivity index (χ1v) is 8.65. The van der Waals surface area contributed by atoms with Gasteiger partial charge in [-0.2, -0.15) is 0 Å². The molecule has 1 N–H and O–H groups in total. The first-order valence-electron chi connectivity index (χ1n) is 7.66. The Morgan fingerprint density at radius 2 is 2.19 bits per heavy atom. The second kappa shape index (κ2) is 5.68. The molecule has 1 aromatic carbocycles. The lowest BCUT2D eigenvalue weighted by molar-refractivity contribution is 0.489. The fourth-order valence-electron chi connectivity index (χ4n) is 3.36. The van der Waals surface area contributed by atoms with Gasteiger partial charge in [-0.3, -0.25) is 9.98 Å². The van der Waals surface area contributed by atoms with Gasteiger partial charge < -0.3 is 5.32 Å². The Kier molecular flexibility index (Phi) is 3.55. The molecule has 2 aromatic rings. The first-order chi connectivity index (χ1) is 10.4. The largest absolute Gasteiger partial charge is 0.362 e. The summed E-state index contributed by atoms with van der Waals surface area (Å²) in [5, 5.41) is 5.93. The number of nitrogens with one attached hydrogen (secondary N) is 1. The van der Waals surface area contributed by atoms with E-state index in [0.717, 1.165) is 16.6 Å². The first kappa shape index (κ1) is 13.1. The fourth-order valence-corrected chi connectivity index (χ4v) is 4.52. The monoisotopic (exact) mass is 297 g/mol. The highest BCUT2D eigenvalue weighted by molar-refractivity contribution is 8.13. The predicted molar refractivity (Wildman–Crippen MR) is 89.6 cm³/mol. The number of hydrogen-bond donors (Lipinski definition) is 1. The molecule has 0 amide bonds. The molecule has 2 atom stereocenters. The number of amidine groups is 1. The van der Waals surface area contributed by atoms with Crippen LogP contribution < -0.4 is 5.32 Å². The predicted octanol–water partition coefficient (Wildman–Crippen LogP) is 3.60. The molecule has 21 heavy (non-hydrogen) atoms. The van der Waals surface area contributed by atoms with E-state index >= 15 is 0 Å². The van der Waals surface area contributed by atoms with Crippen molar-refractivity contribution in [3.63, 3.8) is 0 Å². The summed E-state index contributed by atoms with van der Waals surface area (Å²) >= 11 is 1.88. The number of fused-ring (bicyclic) bond motifs is 2. The summed E-state index contributed by atoms with van der Waals surface area (Å²) in [6.45, 7) is 0.709. The minimum atomic E-state index is 0.663. The van der Waals surface area contributed by atoms with Gasteiger partial charge in [-0.15, -0.1) is 0 Å². The molecule has 1 saturated carbocycles. The molecule has 1 aliphatic carbocycles. The van der Waals surface area contributed by atoms with Crippen molar-refractivity contribution in [3.05, 3.63) is 42.1 Å². The zero-order valence-corrected chi connectivity index (χ0v) is 12.8. The van der Waals surface area contributed by atoms with Crippen LogP contribution in [0.4, 0.5) is 0 Å². The summed E-state index contributed by atoms with van der Waals surface area (Å²) in [4.78, 5) is 9.29. The van der Waals surface area contributed by atoms with Gasteiger partial charge in [0.15, 0.2) is 5.17 Å². The van der Waals surface area contributed by atoms with Gasteiger partial charge in [0, 0.05) is 23.4 Å².